The fraction of sp³-hybridized carbons (Fsp3) is 0. The number of nitrogens with one attached hydrogen (secondary N) is 1. The number of rotatable bonds is 2. The SMILES string of the molecule is Nc1ccc(F)c(NC(=O)c2ccoc2Br)c1. The first-order valence-electron chi connectivity index (χ1n) is 4.67. The van der Waals surface area contributed by atoms with Gasteiger partial charge in [0.25, 0.3) is 5.91 Å². The standard InChI is InChI=1S/C11H8BrFN2O2/c12-10-7(3-4-17-10)11(16)15-9-5-6(14)1-2-8(9)13/h1-5H,14H2,(H,15,16). The Bertz CT molecular complexity index is 568. The maximum atomic E-state index is 13.4. The quantitative estimate of drug-likeness (QED) is 0.838. The highest BCUT2D eigenvalue weighted by Crippen LogP contribution is 2.21. The molecule has 0 aliphatic carbocycles. The molecule has 0 radical (unpaired) electrons. The van der Waals surface area contributed by atoms with Gasteiger partial charge < -0.3 is 15.5 Å². The molecule has 88 valence electrons. The molecule has 1 aromatic heterocycles. The van der Waals surface area contributed by atoms with Crippen molar-refractivity contribution in [2.45, 2.75) is 0 Å². The Hall–Kier alpha value is -1.82. The second-order valence-corrected chi connectivity index (χ2v) is 4.02. The highest BCUT2D eigenvalue weighted by molar-refractivity contribution is 9.10. The van der Waals surface area contributed by atoms with Crippen molar-refractivity contribution in [1.82, 2.24) is 0 Å². The van der Waals surface area contributed by atoms with E-state index in [1.54, 1.807) is 0 Å². The molecule has 6 heteroatoms. The second kappa shape index (κ2) is 4.58. The van der Waals surface area contributed by atoms with Crippen LogP contribution in [0.25, 0.3) is 0 Å². The number of carbonyl (C=O) groups excluding carboxylic acids is 1. The monoisotopic (exact) mass is 298 g/mol. The summed E-state index contributed by atoms with van der Waals surface area (Å²) < 4.78 is 18.6. The van der Waals surface area contributed by atoms with Gasteiger partial charge in [0, 0.05) is 5.69 Å². The summed E-state index contributed by atoms with van der Waals surface area (Å²) >= 11 is 3.07. The van der Waals surface area contributed by atoms with E-state index in [-0.39, 0.29) is 11.3 Å². The number of hydrogen-bond acceptors (Lipinski definition) is 3. The summed E-state index contributed by atoms with van der Waals surface area (Å²) in [5, 5.41) is 2.41. The average Bonchev–Trinajstić information content (AvgIpc) is 2.70. The van der Waals surface area contributed by atoms with Crippen LogP contribution in [-0.4, -0.2) is 5.91 Å². The van der Waals surface area contributed by atoms with Crippen LogP contribution in [0.3, 0.4) is 0 Å². The van der Waals surface area contributed by atoms with Crippen molar-refractivity contribution in [3.8, 4) is 0 Å². The third-order valence-corrected chi connectivity index (χ3v) is 2.72. The number of nitrogens with two attached hydrogens (primary N) is 1. The summed E-state index contributed by atoms with van der Waals surface area (Å²) in [7, 11) is 0. The van der Waals surface area contributed by atoms with Gasteiger partial charge in [0.05, 0.1) is 17.5 Å². The van der Waals surface area contributed by atoms with Crippen LogP contribution in [0.5, 0.6) is 0 Å². The molecule has 0 spiro atoms. The molecule has 1 heterocycles. The van der Waals surface area contributed by atoms with Gasteiger partial charge in [-0.3, -0.25) is 4.79 Å². The lowest BCUT2D eigenvalue weighted by Gasteiger charge is -2.06. The molecule has 3 N–H and O–H groups in total. The van der Waals surface area contributed by atoms with Gasteiger partial charge in [-0.05, 0) is 40.2 Å². The molecular formula is C11H8BrFN2O2. The maximum Gasteiger partial charge on any atom is 0.260 e. The molecule has 1 aromatic carbocycles. The number of furan rings is 1. The summed E-state index contributed by atoms with van der Waals surface area (Å²) in [6.07, 6.45) is 1.36. The van der Waals surface area contributed by atoms with E-state index < -0.39 is 11.7 Å². The lowest BCUT2D eigenvalue weighted by molar-refractivity contribution is 0.102. The van der Waals surface area contributed by atoms with Gasteiger partial charge in [0.2, 0.25) is 0 Å². The van der Waals surface area contributed by atoms with Gasteiger partial charge in [-0.2, -0.15) is 0 Å². The summed E-state index contributed by atoms with van der Waals surface area (Å²) in [6.45, 7) is 0. The zero-order valence-corrected chi connectivity index (χ0v) is 10.1. The third kappa shape index (κ3) is 2.47. The van der Waals surface area contributed by atoms with Crippen LogP contribution in [0.15, 0.2) is 39.6 Å². The Morgan fingerprint density at radius 3 is 2.82 bits per heavy atom. The molecule has 0 aliphatic rings. The minimum atomic E-state index is -0.549. The molecule has 0 fully saturated rings. The predicted octanol–water partition coefficient (Wildman–Crippen LogP) is 3.02. The van der Waals surface area contributed by atoms with E-state index in [0.717, 1.165) is 0 Å². The molecule has 0 atom stereocenters. The maximum absolute atomic E-state index is 13.4. The zero-order valence-electron chi connectivity index (χ0n) is 8.54. The normalized spacial score (nSPS) is 10.2. The number of halogens is 2. The minimum absolute atomic E-state index is 0.0306. The van der Waals surface area contributed by atoms with Crippen molar-refractivity contribution in [2.75, 3.05) is 11.1 Å². The highest BCUT2D eigenvalue weighted by Gasteiger charge is 2.14. The fourth-order valence-electron chi connectivity index (χ4n) is 1.28. The van der Waals surface area contributed by atoms with E-state index in [1.165, 1.54) is 30.5 Å². The van der Waals surface area contributed by atoms with Crippen LogP contribution in [0.1, 0.15) is 10.4 Å². The van der Waals surface area contributed by atoms with Gasteiger partial charge in [-0.25, -0.2) is 4.39 Å². The van der Waals surface area contributed by atoms with Crippen molar-refractivity contribution in [1.29, 1.82) is 0 Å². The lowest BCUT2D eigenvalue weighted by atomic mass is 10.2. The average molecular weight is 299 g/mol. The van der Waals surface area contributed by atoms with Crippen molar-refractivity contribution >= 4 is 33.2 Å². The number of nitrogen functional groups attached to an aromatic ring is 1. The van der Waals surface area contributed by atoms with Gasteiger partial charge in [-0.1, -0.05) is 0 Å². The van der Waals surface area contributed by atoms with Crippen LogP contribution in [-0.2, 0) is 0 Å². The number of amides is 1. The number of hydrogen-bond donors (Lipinski definition) is 2. The van der Waals surface area contributed by atoms with E-state index in [2.05, 4.69) is 21.2 Å². The van der Waals surface area contributed by atoms with Gasteiger partial charge in [0.1, 0.15) is 5.82 Å². The summed E-state index contributed by atoms with van der Waals surface area (Å²) in [6, 6.07) is 5.43. The molecule has 4 nitrogen and oxygen atoms in total. The topological polar surface area (TPSA) is 68.3 Å². The van der Waals surface area contributed by atoms with Crippen molar-refractivity contribution < 1.29 is 13.6 Å². The van der Waals surface area contributed by atoms with Crippen LogP contribution >= 0.6 is 15.9 Å². The smallest absolute Gasteiger partial charge is 0.260 e. The van der Waals surface area contributed by atoms with Crippen LogP contribution in [0.4, 0.5) is 15.8 Å². The highest BCUT2D eigenvalue weighted by atomic mass is 79.9. The van der Waals surface area contributed by atoms with Crippen molar-refractivity contribution in [3.05, 3.63) is 46.6 Å². The predicted molar refractivity (Wildman–Crippen MR) is 65.2 cm³/mol. The molecule has 0 saturated carbocycles. The van der Waals surface area contributed by atoms with E-state index in [0.29, 0.717) is 10.4 Å². The van der Waals surface area contributed by atoms with E-state index >= 15 is 0 Å². The van der Waals surface area contributed by atoms with Crippen LogP contribution in [0.2, 0.25) is 0 Å². The van der Waals surface area contributed by atoms with Crippen LogP contribution < -0.4 is 11.1 Å². The lowest BCUT2D eigenvalue weighted by Crippen LogP contribution is -2.12. The first-order chi connectivity index (χ1) is 8.08. The molecule has 0 unspecified atom stereocenters. The Morgan fingerprint density at radius 2 is 2.18 bits per heavy atom. The van der Waals surface area contributed by atoms with E-state index in [1.807, 2.05) is 0 Å². The van der Waals surface area contributed by atoms with Crippen molar-refractivity contribution in [2.24, 2.45) is 0 Å². The summed E-state index contributed by atoms with van der Waals surface area (Å²) in [4.78, 5) is 11.8. The fourth-order valence-corrected chi connectivity index (χ4v) is 1.70. The van der Waals surface area contributed by atoms with E-state index in [4.69, 9.17) is 10.2 Å². The third-order valence-electron chi connectivity index (χ3n) is 2.10. The van der Waals surface area contributed by atoms with Gasteiger partial charge in [0.15, 0.2) is 4.67 Å². The molecule has 1 amide bonds. The summed E-state index contributed by atoms with van der Waals surface area (Å²) in [5.41, 5.74) is 6.19. The van der Waals surface area contributed by atoms with E-state index in [9.17, 15) is 9.18 Å². The van der Waals surface area contributed by atoms with Gasteiger partial charge >= 0.3 is 0 Å². The Morgan fingerprint density at radius 1 is 1.41 bits per heavy atom. The zero-order chi connectivity index (χ0) is 12.4. The van der Waals surface area contributed by atoms with Crippen molar-refractivity contribution in [3.63, 3.8) is 0 Å². The molecule has 2 rings (SSSR count). The number of carbonyl (C=O) groups is 1. The molecule has 0 bridgehead atoms. The Kier molecular flexibility index (Phi) is 3.14. The molecular weight excluding hydrogens is 291 g/mol. The first kappa shape index (κ1) is 11.7. The Balaban J connectivity index is 2.24. The molecule has 0 aliphatic heterocycles. The largest absolute Gasteiger partial charge is 0.457 e. The first-order valence-corrected chi connectivity index (χ1v) is 5.46. The van der Waals surface area contributed by atoms with Gasteiger partial charge in [-0.15, -0.1) is 0 Å². The Labute approximate surface area is 105 Å². The summed E-state index contributed by atoms with van der Waals surface area (Å²) in [5.74, 6) is -1.03. The second-order valence-electron chi connectivity index (χ2n) is 3.30. The van der Waals surface area contributed by atoms with Crippen LogP contribution in [0, 0.1) is 5.82 Å². The number of benzene rings is 1. The molecule has 0 saturated heterocycles. The molecule has 17 heavy (non-hydrogen) atoms. The number of anilines is 2. The minimum Gasteiger partial charge on any atom is -0.457 e. The molecule has 2 aromatic rings.